The maximum absolute atomic E-state index is 13.8. The zero-order valence-corrected chi connectivity index (χ0v) is 18.8. The van der Waals surface area contributed by atoms with Crippen LogP contribution >= 0.6 is 11.8 Å². The molecule has 3 aromatic carbocycles. The number of hydrogen-bond donors (Lipinski definition) is 0. The minimum absolute atomic E-state index is 0.224. The highest BCUT2D eigenvalue weighted by molar-refractivity contribution is 7.98. The fourth-order valence-electron chi connectivity index (χ4n) is 4.43. The van der Waals surface area contributed by atoms with Crippen molar-refractivity contribution >= 4 is 17.7 Å². The first-order valence-electron chi connectivity index (χ1n) is 11.3. The highest BCUT2D eigenvalue weighted by Crippen LogP contribution is 2.30. The van der Waals surface area contributed by atoms with Gasteiger partial charge in [-0.15, -0.1) is 0 Å². The molecule has 0 spiro atoms. The lowest BCUT2D eigenvalue weighted by atomic mass is 9.90. The van der Waals surface area contributed by atoms with Gasteiger partial charge in [-0.05, 0) is 41.2 Å². The van der Waals surface area contributed by atoms with Crippen molar-refractivity contribution in [3.8, 4) is 0 Å². The molecule has 0 aliphatic carbocycles. The lowest BCUT2D eigenvalue weighted by molar-refractivity contribution is -0.132. The Balaban J connectivity index is 1.46. The van der Waals surface area contributed by atoms with E-state index in [1.807, 2.05) is 48.2 Å². The molecule has 160 valence electrons. The summed E-state index contributed by atoms with van der Waals surface area (Å²) in [5.74, 6) is 2.74. The first kappa shape index (κ1) is 21.7. The molecule has 31 heavy (non-hydrogen) atoms. The van der Waals surface area contributed by atoms with Crippen molar-refractivity contribution in [1.29, 1.82) is 0 Å². The highest BCUT2D eigenvalue weighted by Gasteiger charge is 2.30. The van der Waals surface area contributed by atoms with Crippen molar-refractivity contribution in [2.24, 2.45) is 5.92 Å². The van der Waals surface area contributed by atoms with E-state index in [0.29, 0.717) is 5.92 Å². The summed E-state index contributed by atoms with van der Waals surface area (Å²) in [5, 5.41) is 0. The molecule has 3 aromatic rings. The average Bonchev–Trinajstić information content (AvgIpc) is 3.07. The first-order valence-corrected chi connectivity index (χ1v) is 12.5. The van der Waals surface area contributed by atoms with Gasteiger partial charge in [-0.25, -0.2) is 0 Å². The molecule has 0 N–H and O–H groups in total. The van der Waals surface area contributed by atoms with Crippen molar-refractivity contribution in [1.82, 2.24) is 4.90 Å². The van der Waals surface area contributed by atoms with E-state index in [4.69, 9.17) is 0 Å². The highest BCUT2D eigenvalue weighted by atomic mass is 32.2. The summed E-state index contributed by atoms with van der Waals surface area (Å²) in [6.45, 7) is 1.74. The maximum atomic E-state index is 13.8. The standard InChI is InChI=1S/C28H31NOS/c30-28(27(25-15-6-2-7-16-25)26-17-8-3-9-18-26)29-19-11-10-14-24(20-29)22-31-21-23-12-4-1-5-13-23/h1-9,12-13,15-18,24,27H,10-11,14,19-22H2/t24-/m0/s1. The fraction of sp³-hybridized carbons (Fsp3) is 0.321. The van der Waals surface area contributed by atoms with E-state index < -0.39 is 0 Å². The van der Waals surface area contributed by atoms with Crippen LogP contribution in [0.15, 0.2) is 91.0 Å². The number of rotatable bonds is 7. The second-order valence-corrected chi connectivity index (χ2v) is 9.43. The Bertz CT molecular complexity index is 890. The van der Waals surface area contributed by atoms with Crippen molar-refractivity contribution < 1.29 is 4.79 Å². The molecule has 4 rings (SSSR count). The Labute approximate surface area is 190 Å². The number of thioether (sulfide) groups is 1. The number of carbonyl (C=O) groups excluding carboxylic acids is 1. The Kier molecular flexibility index (Phi) is 7.84. The molecule has 1 saturated heterocycles. The predicted molar refractivity (Wildman–Crippen MR) is 131 cm³/mol. The minimum atomic E-state index is -0.224. The van der Waals surface area contributed by atoms with Crippen LogP contribution in [0.5, 0.6) is 0 Å². The summed E-state index contributed by atoms with van der Waals surface area (Å²) in [5.41, 5.74) is 3.54. The van der Waals surface area contributed by atoms with Crippen LogP contribution < -0.4 is 0 Å². The molecule has 3 heteroatoms. The molecule has 0 radical (unpaired) electrons. The van der Waals surface area contributed by atoms with E-state index in [9.17, 15) is 4.79 Å². The molecule has 0 bridgehead atoms. The van der Waals surface area contributed by atoms with Gasteiger partial charge in [0.2, 0.25) is 5.91 Å². The largest absolute Gasteiger partial charge is 0.342 e. The average molecular weight is 430 g/mol. The maximum Gasteiger partial charge on any atom is 0.234 e. The lowest BCUT2D eigenvalue weighted by Crippen LogP contribution is -2.38. The second-order valence-electron chi connectivity index (χ2n) is 8.40. The van der Waals surface area contributed by atoms with Gasteiger partial charge in [0.05, 0.1) is 5.92 Å². The van der Waals surface area contributed by atoms with Crippen LogP contribution in [0.25, 0.3) is 0 Å². The lowest BCUT2D eigenvalue weighted by Gasteiger charge is -2.29. The molecule has 1 fully saturated rings. The van der Waals surface area contributed by atoms with Gasteiger partial charge in [0.15, 0.2) is 0 Å². The third-order valence-corrected chi connectivity index (χ3v) is 7.30. The summed E-state index contributed by atoms with van der Waals surface area (Å²) < 4.78 is 0. The molecular weight excluding hydrogens is 398 g/mol. The summed E-state index contributed by atoms with van der Waals surface area (Å²) in [6, 6.07) is 31.2. The van der Waals surface area contributed by atoms with Crippen LogP contribution in [0, 0.1) is 5.92 Å². The quantitative estimate of drug-likeness (QED) is 0.434. The molecule has 0 aromatic heterocycles. The molecule has 1 heterocycles. The third kappa shape index (κ3) is 6.01. The van der Waals surface area contributed by atoms with E-state index in [1.165, 1.54) is 18.4 Å². The molecule has 1 aliphatic heterocycles. The SMILES string of the molecule is O=C(C(c1ccccc1)c1ccccc1)N1CCCC[C@H](CSCc2ccccc2)C1. The van der Waals surface area contributed by atoms with Gasteiger partial charge in [0.25, 0.3) is 0 Å². The van der Waals surface area contributed by atoms with Crippen LogP contribution in [0.4, 0.5) is 0 Å². The Morgan fingerprint density at radius 3 is 2.03 bits per heavy atom. The Hall–Kier alpha value is -2.52. The van der Waals surface area contributed by atoms with Gasteiger partial charge in [0.1, 0.15) is 0 Å². The number of nitrogens with zero attached hydrogens (tertiary/aromatic N) is 1. The Morgan fingerprint density at radius 1 is 0.839 bits per heavy atom. The zero-order chi connectivity index (χ0) is 21.3. The summed E-state index contributed by atoms with van der Waals surface area (Å²) in [7, 11) is 0. The Morgan fingerprint density at radius 2 is 1.42 bits per heavy atom. The summed E-state index contributed by atoms with van der Waals surface area (Å²) in [6.07, 6.45) is 3.52. The van der Waals surface area contributed by atoms with E-state index in [1.54, 1.807) is 0 Å². The topological polar surface area (TPSA) is 20.3 Å². The molecule has 2 nitrogen and oxygen atoms in total. The summed E-state index contributed by atoms with van der Waals surface area (Å²) in [4.78, 5) is 16.0. The number of likely N-dealkylation sites (tertiary alicyclic amines) is 1. The fourth-order valence-corrected chi connectivity index (χ4v) is 5.59. The number of hydrogen-bond acceptors (Lipinski definition) is 2. The van der Waals surface area contributed by atoms with Gasteiger partial charge < -0.3 is 4.90 Å². The molecule has 1 amide bonds. The second kappa shape index (κ2) is 11.2. The number of amides is 1. The van der Waals surface area contributed by atoms with Crippen molar-refractivity contribution in [2.75, 3.05) is 18.8 Å². The molecule has 0 unspecified atom stereocenters. The predicted octanol–water partition coefficient (Wildman–Crippen LogP) is 6.38. The van der Waals surface area contributed by atoms with Crippen molar-refractivity contribution in [2.45, 2.75) is 30.9 Å². The van der Waals surface area contributed by atoms with Crippen LogP contribution in [-0.2, 0) is 10.5 Å². The van der Waals surface area contributed by atoms with Crippen LogP contribution in [0.1, 0.15) is 41.9 Å². The smallest absolute Gasteiger partial charge is 0.234 e. The van der Waals surface area contributed by atoms with Gasteiger partial charge in [-0.2, -0.15) is 11.8 Å². The normalized spacial score (nSPS) is 16.8. The number of benzene rings is 3. The number of carbonyl (C=O) groups is 1. The monoisotopic (exact) mass is 429 g/mol. The van der Waals surface area contributed by atoms with Crippen LogP contribution in [-0.4, -0.2) is 29.6 Å². The molecule has 1 aliphatic rings. The summed E-state index contributed by atoms with van der Waals surface area (Å²) >= 11 is 2.00. The third-order valence-electron chi connectivity index (χ3n) is 6.06. The first-order chi connectivity index (χ1) is 15.3. The molecule has 0 saturated carbocycles. The zero-order valence-electron chi connectivity index (χ0n) is 18.0. The van der Waals surface area contributed by atoms with Gasteiger partial charge >= 0.3 is 0 Å². The van der Waals surface area contributed by atoms with E-state index in [-0.39, 0.29) is 11.8 Å². The van der Waals surface area contributed by atoms with E-state index in [0.717, 1.165) is 42.1 Å². The van der Waals surface area contributed by atoms with Crippen molar-refractivity contribution in [3.05, 3.63) is 108 Å². The van der Waals surface area contributed by atoms with E-state index >= 15 is 0 Å². The minimum Gasteiger partial charge on any atom is -0.342 e. The van der Waals surface area contributed by atoms with Crippen LogP contribution in [0.2, 0.25) is 0 Å². The van der Waals surface area contributed by atoms with Crippen LogP contribution in [0.3, 0.4) is 0 Å². The molecular formula is C28H31NOS. The van der Waals surface area contributed by atoms with Gasteiger partial charge in [-0.3, -0.25) is 4.79 Å². The van der Waals surface area contributed by atoms with E-state index in [2.05, 4.69) is 59.5 Å². The van der Waals surface area contributed by atoms with Gasteiger partial charge in [0, 0.05) is 18.8 Å². The van der Waals surface area contributed by atoms with Gasteiger partial charge in [-0.1, -0.05) is 97.4 Å². The molecule has 1 atom stereocenters. The van der Waals surface area contributed by atoms with Crippen molar-refractivity contribution in [3.63, 3.8) is 0 Å².